The number of carbonyl (C=O) groups excluding carboxylic acids is 1. The van der Waals surface area contributed by atoms with Crippen molar-refractivity contribution in [3.8, 4) is 5.75 Å². The minimum atomic E-state index is -0.314. The van der Waals surface area contributed by atoms with Gasteiger partial charge in [0.15, 0.2) is 5.78 Å². The molecule has 0 saturated heterocycles. The Kier molecular flexibility index (Phi) is 6.64. The molecule has 0 saturated carbocycles. The molecule has 1 aliphatic heterocycles. The van der Waals surface area contributed by atoms with Crippen molar-refractivity contribution in [2.75, 3.05) is 11.1 Å². The van der Waals surface area contributed by atoms with Crippen LogP contribution in [0.3, 0.4) is 0 Å². The summed E-state index contributed by atoms with van der Waals surface area (Å²) < 4.78 is 7.84. The first-order chi connectivity index (χ1) is 16.8. The van der Waals surface area contributed by atoms with E-state index in [1.165, 1.54) is 0 Å². The molecule has 8 heteroatoms. The number of anilines is 1. The average molecular weight is 509 g/mol. The Morgan fingerprint density at radius 2 is 1.94 bits per heavy atom. The van der Waals surface area contributed by atoms with Gasteiger partial charge in [-0.1, -0.05) is 74.5 Å². The second-order valence-corrected chi connectivity index (χ2v) is 11.3. The van der Waals surface area contributed by atoms with Crippen LogP contribution >= 0.6 is 23.4 Å². The monoisotopic (exact) mass is 508 g/mol. The third-order valence-corrected chi connectivity index (χ3v) is 7.71. The highest BCUT2D eigenvalue weighted by atomic mass is 35.5. The first-order valence-electron chi connectivity index (χ1n) is 11.9. The maximum absolute atomic E-state index is 13.4. The molecule has 1 N–H and O–H groups in total. The lowest BCUT2D eigenvalue weighted by atomic mass is 9.73. The summed E-state index contributed by atoms with van der Waals surface area (Å²) in [5.41, 5.74) is 3.58. The smallest absolute Gasteiger partial charge is 0.227 e. The number of halogens is 1. The highest BCUT2D eigenvalue weighted by Gasteiger charge is 2.41. The Bertz CT molecular complexity index is 1280. The third-order valence-electron chi connectivity index (χ3n) is 6.30. The molecule has 5 rings (SSSR count). The molecule has 0 bridgehead atoms. The van der Waals surface area contributed by atoms with E-state index in [9.17, 15) is 4.79 Å². The lowest BCUT2D eigenvalue weighted by molar-refractivity contribution is -0.118. The predicted molar refractivity (Wildman–Crippen MR) is 140 cm³/mol. The van der Waals surface area contributed by atoms with Crippen molar-refractivity contribution in [2.45, 2.75) is 57.8 Å². The molecule has 2 aromatic carbocycles. The summed E-state index contributed by atoms with van der Waals surface area (Å²) in [7, 11) is 0. The molecule has 6 nitrogen and oxygen atoms in total. The van der Waals surface area contributed by atoms with E-state index in [1.807, 2.05) is 53.2 Å². The Hall–Kier alpha value is -2.77. The fraction of sp³-hybridized carbons (Fsp3) is 0.370. The van der Waals surface area contributed by atoms with Crippen LogP contribution in [0.2, 0.25) is 5.02 Å². The summed E-state index contributed by atoms with van der Waals surface area (Å²) in [6.45, 7) is 6.80. The molecule has 182 valence electrons. The van der Waals surface area contributed by atoms with Gasteiger partial charge in [-0.3, -0.25) is 4.79 Å². The number of aromatic nitrogens is 3. The Balaban J connectivity index is 1.46. The fourth-order valence-corrected chi connectivity index (χ4v) is 5.55. The zero-order valence-corrected chi connectivity index (χ0v) is 21.7. The fourth-order valence-electron chi connectivity index (χ4n) is 4.67. The van der Waals surface area contributed by atoms with Crippen LogP contribution in [0, 0.1) is 5.41 Å². The number of nitrogens with zero attached hydrogens (tertiary/aromatic N) is 3. The van der Waals surface area contributed by atoms with Crippen molar-refractivity contribution < 1.29 is 9.53 Å². The SMILES string of the molecule is CCCSc1nc2n(n1)C(c1ccc(OCc3ccccc3Cl)cc1)C1=C(CC(C)(C)CC1=O)N2. The van der Waals surface area contributed by atoms with Gasteiger partial charge in [0.1, 0.15) is 18.4 Å². The first kappa shape index (κ1) is 23.9. The van der Waals surface area contributed by atoms with Crippen molar-refractivity contribution in [2.24, 2.45) is 5.41 Å². The van der Waals surface area contributed by atoms with Crippen molar-refractivity contribution >= 4 is 35.1 Å². The van der Waals surface area contributed by atoms with Gasteiger partial charge in [-0.15, -0.1) is 5.10 Å². The molecule has 1 atom stereocenters. The molecule has 0 spiro atoms. The highest BCUT2D eigenvalue weighted by Crippen LogP contribution is 2.45. The summed E-state index contributed by atoms with van der Waals surface area (Å²) in [6, 6.07) is 15.3. The molecule has 0 radical (unpaired) electrons. The van der Waals surface area contributed by atoms with Gasteiger partial charge in [0.25, 0.3) is 0 Å². The zero-order valence-electron chi connectivity index (χ0n) is 20.2. The lowest BCUT2D eigenvalue weighted by Gasteiger charge is -2.38. The van der Waals surface area contributed by atoms with Gasteiger partial charge < -0.3 is 10.1 Å². The van der Waals surface area contributed by atoms with E-state index in [1.54, 1.807) is 11.8 Å². The average Bonchev–Trinajstić information content (AvgIpc) is 3.23. The Morgan fingerprint density at radius 3 is 2.69 bits per heavy atom. The van der Waals surface area contributed by atoms with Gasteiger partial charge >= 0.3 is 0 Å². The minimum Gasteiger partial charge on any atom is -0.489 e. The maximum Gasteiger partial charge on any atom is 0.227 e. The van der Waals surface area contributed by atoms with Crippen LogP contribution < -0.4 is 10.1 Å². The second kappa shape index (κ2) is 9.70. The number of rotatable bonds is 7. The molecule has 3 aromatic rings. The number of hydrogen-bond acceptors (Lipinski definition) is 6. The second-order valence-electron chi connectivity index (χ2n) is 9.82. The molecular formula is C27H29ClN4O2S. The van der Waals surface area contributed by atoms with Gasteiger partial charge in [0, 0.05) is 34.0 Å². The lowest BCUT2D eigenvalue weighted by Crippen LogP contribution is -2.36. The Morgan fingerprint density at radius 1 is 1.17 bits per heavy atom. The summed E-state index contributed by atoms with van der Waals surface area (Å²) in [4.78, 5) is 18.1. The number of carbonyl (C=O) groups is 1. The number of benzene rings is 2. The zero-order chi connectivity index (χ0) is 24.6. The van der Waals surface area contributed by atoms with E-state index >= 15 is 0 Å². The first-order valence-corrected chi connectivity index (χ1v) is 13.3. The number of hydrogen-bond donors (Lipinski definition) is 1. The van der Waals surface area contributed by atoms with Gasteiger partial charge in [0.2, 0.25) is 11.1 Å². The van der Waals surface area contributed by atoms with Gasteiger partial charge in [-0.25, -0.2) is 4.68 Å². The van der Waals surface area contributed by atoms with Crippen LogP contribution in [0.25, 0.3) is 0 Å². The van der Waals surface area contributed by atoms with Crippen molar-refractivity contribution in [1.82, 2.24) is 14.8 Å². The largest absolute Gasteiger partial charge is 0.489 e. The number of nitrogens with one attached hydrogen (secondary N) is 1. The van der Waals surface area contributed by atoms with Crippen LogP contribution in [0.5, 0.6) is 5.75 Å². The summed E-state index contributed by atoms with van der Waals surface area (Å²) in [5.74, 6) is 2.55. The minimum absolute atomic E-state index is 0.0914. The van der Waals surface area contributed by atoms with Crippen molar-refractivity contribution in [1.29, 1.82) is 0 Å². The number of ketones is 1. The molecule has 1 aromatic heterocycles. The van der Waals surface area contributed by atoms with E-state index in [0.717, 1.165) is 51.9 Å². The molecule has 35 heavy (non-hydrogen) atoms. The third kappa shape index (κ3) is 4.98. The van der Waals surface area contributed by atoms with E-state index in [-0.39, 0.29) is 17.2 Å². The van der Waals surface area contributed by atoms with Crippen LogP contribution in [0.15, 0.2) is 65.0 Å². The topological polar surface area (TPSA) is 69.0 Å². The van der Waals surface area contributed by atoms with Crippen LogP contribution in [-0.4, -0.2) is 26.3 Å². The number of fused-ring (bicyclic) bond motifs is 1. The molecular weight excluding hydrogens is 480 g/mol. The van der Waals surface area contributed by atoms with E-state index in [2.05, 4.69) is 26.1 Å². The standard InChI is InChI=1S/C27H29ClN4O2S/c1-4-13-35-26-30-25-29-21-14-27(2,3)15-22(33)23(21)24(32(25)31-26)17-9-11-19(12-10-17)34-16-18-7-5-6-8-20(18)28/h5-12,24H,4,13-16H2,1-3H3,(H,29,30,31). The van der Waals surface area contributed by atoms with Crippen molar-refractivity contribution in [3.05, 3.63) is 76.0 Å². The predicted octanol–water partition coefficient (Wildman–Crippen LogP) is 6.67. The Labute approximate surface area is 215 Å². The molecule has 2 aliphatic rings. The van der Waals surface area contributed by atoms with Crippen LogP contribution in [0.1, 0.15) is 57.2 Å². The number of allylic oxidation sites excluding steroid dienone is 2. The number of ether oxygens (including phenoxy) is 1. The van der Waals surface area contributed by atoms with Crippen molar-refractivity contribution in [3.63, 3.8) is 0 Å². The van der Waals surface area contributed by atoms with Crippen LogP contribution in [-0.2, 0) is 11.4 Å². The summed E-state index contributed by atoms with van der Waals surface area (Å²) >= 11 is 7.89. The van der Waals surface area contributed by atoms with E-state index < -0.39 is 0 Å². The highest BCUT2D eigenvalue weighted by molar-refractivity contribution is 7.99. The normalized spacial score (nSPS) is 18.6. The summed E-state index contributed by atoms with van der Waals surface area (Å²) in [6.07, 6.45) is 2.36. The summed E-state index contributed by atoms with van der Waals surface area (Å²) in [5, 5.41) is 9.64. The van der Waals surface area contributed by atoms with Gasteiger partial charge in [-0.05, 0) is 42.0 Å². The van der Waals surface area contributed by atoms with E-state index in [0.29, 0.717) is 24.0 Å². The molecule has 2 heterocycles. The van der Waals surface area contributed by atoms with Gasteiger partial charge in [0.05, 0.1) is 0 Å². The quantitative estimate of drug-likeness (QED) is 0.359. The molecule has 0 fully saturated rings. The molecule has 1 aliphatic carbocycles. The molecule has 0 amide bonds. The maximum atomic E-state index is 13.4. The van der Waals surface area contributed by atoms with Gasteiger partial charge in [-0.2, -0.15) is 4.98 Å². The number of Topliss-reactive ketones (excluding diaryl/α,β-unsaturated/α-hetero) is 1. The van der Waals surface area contributed by atoms with E-state index in [4.69, 9.17) is 26.4 Å². The van der Waals surface area contributed by atoms with Crippen LogP contribution in [0.4, 0.5) is 5.95 Å². The molecule has 1 unspecified atom stereocenters. The number of thioether (sulfide) groups is 1.